The Bertz CT molecular complexity index is 593. The number of rotatable bonds is 3. The van der Waals surface area contributed by atoms with Gasteiger partial charge in [-0.05, 0) is 31.9 Å². The summed E-state index contributed by atoms with van der Waals surface area (Å²) in [6, 6.07) is 6.74. The Labute approximate surface area is 118 Å². The van der Waals surface area contributed by atoms with E-state index in [-0.39, 0.29) is 6.10 Å². The van der Waals surface area contributed by atoms with Gasteiger partial charge < -0.3 is 9.30 Å². The molecule has 0 bridgehead atoms. The molecule has 0 amide bonds. The zero-order chi connectivity index (χ0) is 13.4. The van der Waals surface area contributed by atoms with Crippen LogP contribution in [0.25, 0.3) is 11.0 Å². The fraction of sp³-hybridized carbons (Fsp3) is 0.533. The van der Waals surface area contributed by atoms with Crippen LogP contribution in [-0.2, 0) is 11.2 Å². The van der Waals surface area contributed by atoms with Gasteiger partial charge in [0.1, 0.15) is 5.82 Å². The van der Waals surface area contributed by atoms with Crippen molar-refractivity contribution in [1.29, 1.82) is 0 Å². The Morgan fingerprint density at radius 3 is 3.00 bits per heavy atom. The van der Waals surface area contributed by atoms with E-state index in [1.54, 1.807) is 0 Å². The molecule has 2 aromatic rings. The van der Waals surface area contributed by atoms with Gasteiger partial charge in [0.25, 0.3) is 0 Å². The molecule has 1 fully saturated rings. The highest BCUT2D eigenvalue weighted by Crippen LogP contribution is 2.32. The minimum atomic E-state index is 0.243. The molecule has 19 heavy (non-hydrogen) atoms. The lowest BCUT2D eigenvalue weighted by molar-refractivity contribution is 0.108. The van der Waals surface area contributed by atoms with Crippen molar-refractivity contribution >= 4 is 22.6 Å². The summed E-state index contributed by atoms with van der Waals surface area (Å²) >= 11 is 5.93. The lowest BCUT2D eigenvalue weighted by atomic mass is 10.1. The lowest BCUT2D eigenvalue weighted by Crippen LogP contribution is -2.19. The number of hydrogen-bond donors (Lipinski definition) is 0. The van der Waals surface area contributed by atoms with Crippen LogP contribution in [0, 0.1) is 6.92 Å². The molecule has 102 valence electrons. The van der Waals surface area contributed by atoms with Crippen molar-refractivity contribution in [3.8, 4) is 0 Å². The Kier molecular flexibility index (Phi) is 3.50. The number of alkyl halides is 1. The smallest absolute Gasteiger partial charge is 0.111 e. The average molecular weight is 279 g/mol. The number of aryl methyl sites for hydroxylation is 2. The van der Waals surface area contributed by atoms with E-state index in [0.717, 1.165) is 30.8 Å². The van der Waals surface area contributed by atoms with Gasteiger partial charge in [0.2, 0.25) is 0 Å². The van der Waals surface area contributed by atoms with Crippen molar-refractivity contribution in [1.82, 2.24) is 9.55 Å². The number of para-hydroxylation sites is 1. The first-order valence-electron chi connectivity index (χ1n) is 6.86. The first kappa shape index (κ1) is 12.9. The highest BCUT2D eigenvalue weighted by molar-refractivity contribution is 6.17. The molecular formula is C15H19ClN2O. The zero-order valence-corrected chi connectivity index (χ0v) is 12.2. The van der Waals surface area contributed by atoms with Crippen molar-refractivity contribution < 1.29 is 4.74 Å². The Morgan fingerprint density at radius 2 is 2.32 bits per heavy atom. The molecular weight excluding hydrogens is 260 g/mol. The predicted octanol–water partition coefficient (Wildman–Crippen LogP) is 3.48. The summed E-state index contributed by atoms with van der Waals surface area (Å²) < 4.78 is 8.07. The molecule has 1 aliphatic heterocycles. The van der Waals surface area contributed by atoms with E-state index in [2.05, 4.69) is 36.6 Å². The summed E-state index contributed by atoms with van der Waals surface area (Å²) in [5, 5.41) is 0. The van der Waals surface area contributed by atoms with Gasteiger partial charge in [-0.3, -0.25) is 0 Å². The minimum absolute atomic E-state index is 0.243. The van der Waals surface area contributed by atoms with Crippen LogP contribution in [0.4, 0.5) is 0 Å². The molecule has 2 atom stereocenters. The Balaban J connectivity index is 2.19. The SMILES string of the molecule is Cc1cccc2c1nc(CCCl)n2C1CCOC1C. The summed E-state index contributed by atoms with van der Waals surface area (Å²) in [6.07, 6.45) is 2.10. The molecule has 0 N–H and O–H groups in total. The van der Waals surface area contributed by atoms with Crippen molar-refractivity contribution in [3.05, 3.63) is 29.6 Å². The maximum atomic E-state index is 5.93. The second-order valence-electron chi connectivity index (χ2n) is 5.21. The lowest BCUT2D eigenvalue weighted by Gasteiger charge is -2.19. The van der Waals surface area contributed by atoms with E-state index in [1.807, 2.05) is 0 Å². The maximum Gasteiger partial charge on any atom is 0.111 e. The third-order valence-electron chi connectivity index (χ3n) is 3.98. The molecule has 0 radical (unpaired) electrons. The largest absolute Gasteiger partial charge is 0.376 e. The molecule has 0 spiro atoms. The molecule has 3 nitrogen and oxygen atoms in total. The standard InChI is InChI=1S/C15H19ClN2O/c1-10-4-3-5-13-15(10)17-14(6-8-16)18(13)12-7-9-19-11(12)2/h3-5,11-12H,6-9H2,1-2H3. The van der Waals surface area contributed by atoms with Gasteiger partial charge in [0, 0.05) is 18.9 Å². The summed E-state index contributed by atoms with van der Waals surface area (Å²) in [5.41, 5.74) is 3.53. The number of fused-ring (bicyclic) bond motifs is 1. The summed E-state index contributed by atoms with van der Waals surface area (Å²) in [6.45, 7) is 5.08. The van der Waals surface area contributed by atoms with Crippen LogP contribution >= 0.6 is 11.6 Å². The monoisotopic (exact) mass is 278 g/mol. The second kappa shape index (κ2) is 5.14. The molecule has 1 aliphatic rings. The third kappa shape index (κ3) is 2.15. The Hall–Kier alpha value is -1.06. The fourth-order valence-electron chi connectivity index (χ4n) is 3.00. The molecule has 0 aliphatic carbocycles. The summed E-state index contributed by atoms with van der Waals surface area (Å²) in [7, 11) is 0. The van der Waals surface area contributed by atoms with Gasteiger partial charge in [0.05, 0.1) is 23.2 Å². The second-order valence-corrected chi connectivity index (χ2v) is 5.59. The minimum Gasteiger partial charge on any atom is -0.376 e. The summed E-state index contributed by atoms with van der Waals surface area (Å²) in [5.74, 6) is 1.69. The molecule has 1 saturated heterocycles. The normalized spacial score (nSPS) is 23.3. The predicted molar refractivity (Wildman–Crippen MR) is 78.0 cm³/mol. The van der Waals surface area contributed by atoms with Crippen LogP contribution in [0.3, 0.4) is 0 Å². The first-order valence-corrected chi connectivity index (χ1v) is 7.40. The van der Waals surface area contributed by atoms with Crippen LogP contribution in [0.1, 0.15) is 30.8 Å². The van der Waals surface area contributed by atoms with E-state index in [4.69, 9.17) is 21.3 Å². The number of ether oxygens (including phenoxy) is 1. The molecule has 3 rings (SSSR count). The van der Waals surface area contributed by atoms with Crippen molar-refractivity contribution in [2.24, 2.45) is 0 Å². The molecule has 1 aromatic carbocycles. The van der Waals surface area contributed by atoms with Crippen LogP contribution < -0.4 is 0 Å². The van der Waals surface area contributed by atoms with E-state index in [9.17, 15) is 0 Å². The van der Waals surface area contributed by atoms with Crippen LogP contribution in [0.15, 0.2) is 18.2 Å². The first-order chi connectivity index (χ1) is 9.22. The molecule has 1 aromatic heterocycles. The van der Waals surface area contributed by atoms with Crippen LogP contribution in [0.2, 0.25) is 0 Å². The van der Waals surface area contributed by atoms with E-state index in [0.29, 0.717) is 11.9 Å². The maximum absolute atomic E-state index is 5.93. The average Bonchev–Trinajstić information content (AvgIpc) is 2.94. The third-order valence-corrected chi connectivity index (χ3v) is 4.17. The molecule has 0 saturated carbocycles. The van der Waals surface area contributed by atoms with Gasteiger partial charge >= 0.3 is 0 Å². The van der Waals surface area contributed by atoms with Gasteiger partial charge in [-0.15, -0.1) is 11.6 Å². The van der Waals surface area contributed by atoms with Gasteiger partial charge in [-0.2, -0.15) is 0 Å². The number of benzene rings is 1. The topological polar surface area (TPSA) is 27.1 Å². The van der Waals surface area contributed by atoms with Crippen molar-refractivity contribution in [3.63, 3.8) is 0 Å². The number of nitrogens with zero attached hydrogens (tertiary/aromatic N) is 2. The quantitative estimate of drug-likeness (QED) is 0.804. The summed E-state index contributed by atoms with van der Waals surface area (Å²) in [4.78, 5) is 4.80. The van der Waals surface area contributed by atoms with Crippen molar-refractivity contribution in [2.75, 3.05) is 12.5 Å². The Morgan fingerprint density at radius 1 is 1.47 bits per heavy atom. The molecule has 4 heteroatoms. The number of hydrogen-bond acceptors (Lipinski definition) is 2. The van der Waals surface area contributed by atoms with Crippen LogP contribution in [-0.4, -0.2) is 28.1 Å². The molecule has 2 heterocycles. The molecule has 2 unspecified atom stereocenters. The van der Waals surface area contributed by atoms with Gasteiger partial charge in [0.15, 0.2) is 0 Å². The fourth-order valence-corrected chi connectivity index (χ4v) is 3.16. The zero-order valence-electron chi connectivity index (χ0n) is 11.4. The van der Waals surface area contributed by atoms with Gasteiger partial charge in [-0.1, -0.05) is 12.1 Å². The van der Waals surface area contributed by atoms with E-state index >= 15 is 0 Å². The number of halogens is 1. The van der Waals surface area contributed by atoms with Gasteiger partial charge in [-0.25, -0.2) is 4.98 Å². The van der Waals surface area contributed by atoms with Crippen LogP contribution in [0.5, 0.6) is 0 Å². The van der Waals surface area contributed by atoms with Crippen molar-refractivity contribution in [2.45, 2.75) is 38.8 Å². The highest BCUT2D eigenvalue weighted by atomic mass is 35.5. The van der Waals surface area contributed by atoms with E-state index < -0.39 is 0 Å². The highest BCUT2D eigenvalue weighted by Gasteiger charge is 2.29. The number of aromatic nitrogens is 2. The number of imidazole rings is 1. The van der Waals surface area contributed by atoms with E-state index in [1.165, 1.54) is 11.1 Å².